The van der Waals surface area contributed by atoms with Crippen LogP contribution in [0.4, 0.5) is 16.2 Å². The fourth-order valence-electron chi connectivity index (χ4n) is 4.02. The smallest absolute Gasteiger partial charge is 0.322 e. The first-order valence-electron chi connectivity index (χ1n) is 10.3. The molecule has 0 bridgehead atoms. The summed E-state index contributed by atoms with van der Waals surface area (Å²) in [6.45, 7) is 2.95. The van der Waals surface area contributed by atoms with Gasteiger partial charge in [0.15, 0.2) is 0 Å². The van der Waals surface area contributed by atoms with Crippen molar-refractivity contribution in [2.45, 2.75) is 44.6 Å². The molecule has 2 heterocycles. The number of rotatable bonds is 6. The topological polar surface area (TPSA) is 71.1 Å². The number of anilines is 2. The first-order chi connectivity index (χ1) is 13.7. The SMILES string of the molecule is COc1ccc(NC(=O)N(C[C@@H]2CCOC2)C2CC2)cc1N1CCCCC1=O. The van der Waals surface area contributed by atoms with E-state index < -0.39 is 0 Å². The average molecular weight is 387 g/mol. The maximum Gasteiger partial charge on any atom is 0.322 e. The number of piperidine rings is 1. The number of hydrogen-bond donors (Lipinski definition) is 1. The number of nitrogens with zero attached hydrogens (tertiary/aromatic N) is 2. The fourth-order valence-corrected chi connectivity index (χ4v) is 4.02. The lowest BCUT2D eigenvalue weighted by atomic mass is 10.1. The molecule has 152 valence electrons. The summed E-state index contributed by atoms with van der Waals surface area (Å²) in [5.74, 6) is 1.17. The van der Waals surface area contributed by atoms with Gasteiger partial charge < -0.3 is 24.6 Å². The maximum atomic E-state index is 13.0. The highest BCUT2D eigenvalue weighted by Crippen LogP contribution is 2.34. The molecule has 0 spiro atoms. The summed E-state index contributed by atoms with van der Waals surface area (Å²) >= 11 is 0. The average Bonchev–Trinajstić information content (AvgIpc) is 3.41. The van der Waals surface area contributed by atoms with Gasteiger partial charge in [-0.2, -0.15) is 0 Å². The molecule has 1 aromatic rings. The monoisotopic (exact) mass is 387 g/mol. The van der Waals surface area contributed by atoms with E-state index in [9.17, 15) is 9.59 Å². The van der Waals surface area contributed by atoms with Crippen molar-refractivity contribution in [3.05, 3.63) is 18.2 Å². The Kier molecular flexibility index (Phi) is 5.71. The van der Waals surface area contributed by atoms with Crippen LogP contribution in [0, 0.1) is 5.92 Å². The summed E-state index contributed by atoms with van der Waals surface area (Å²) < 4.78 is 10.9. The summed E-state index contributed by atoms with van der Waals surface area (Å²) in [4.78, 5) is 29.0. The predicted molar refractivity (Wildman–Crippen MR) is 107 cm³/mol. The Bertz CT molecular complexity index is 728. The molecule has 0 unspecified atom stereocenters. The highest BCUT2D eigenvalue weighted by atomic mass is 16.5. The van der Waals surface area contributed by atoms with Crippen LogP contribution in [0.3, 0.4) is 0 Å². The van der Waals surface area contributed by atoms with E-state index >= 15 is 0 Å². The summed E-state index contributed by atoms with van der Waals surface area (Å²) in [7, 11) is 1.60. The van der Waals surface area contributed by atoms with E-state index in [1.54, 1.807) is 12.0 Å². The third-order valence-electron chi connectivity index (χ3n) is 5.77. The molecule has 1 aliphatic carbocycles. The Balaban J connectivity index is 1.49. The lowest BCUT2D eigenvalue weighted by Crippen LogP contribution is -2.40. The van der Waals surface area contributed by atoms with Gasteiger partial charge in [0.25, 0.3) is 0 Å². The lowest BCUT2D eigenvalue weighted by molar-refractivity contribution is -0.119. The Hall–Kier alpha value is -2.28. The van der Waals surface area contributed by atoms with Gasteiger partial charge in [0.05, 0.1) is 19.4 Å². The molecule has 7 nitrogen and oxygen atoms in total. The van der Waals surface area contributed by atoms with Crippen LogP contribution in [0.1, 0.15) is 38.5 Å². The Morgan fingerprint density at radius 2 is 2.18 bits per heavy atom. The number of carbonyl (C=O) groups is 2. The fraction of sp³-hybridized carbons (Fsp3) is 0.619. The second kappa shape index (κ2) is 8.39. The van der Waals surface area contributed by atoms with E-state index in [-0.39, 0.29) is 11.9 Å². The van der Waals surface area contributed by atoms with E-state index in [0.29, 0.717) is 36.4 Å². The molecular formula is C21H29N3O4. The van der Waals surface area contributed by atoms with Crippen molar-refractivity contribution in [2.24, 2.45) is 5.92 Å². The minimum atomic E-state index is -0.0736. The van der Waals surface area contributed by atoms with Gasteiger partial charge in [-0.05, 0) is 50.3 Å². The van der Waals surface area contributed by atoms with Crippen molar-refractivity contribution < 1.29 is 19.1 Å². The number of urea groups is 1. The maximum absolute atomic E-state index is 13.0. The van der Waals surface area contributed by atoms with E-state index in [1.165, 1.54) is 0 Å². The minimum absolute atomic E-state index is 0.0736. The highest BCUT2D eigenvalue weighted by Gasteiger charge is 2.35. The zero-order valence-corrected chi connectivity index (χ0v) is 16.5. The van der Waals surface area contributed by atoms with Gasteiger partial charge in [-0.1, -0.05) is 0 Å². The number of amides is 3. The standard InChI is InChI=1S/C21H29N3O4/c1-27-19-8-5-16(12-18(19)23-10-3-2-4-20(23)25)22-21(26)24(17-6-7-17)13-15-9-11-28-14-15/h5,8,12,15,17H,2-4,6-7,9-11,13-14H2,1H3,(H,22,26)/t15-/m0/s1. The molecule has 2 saturated heterocycles. The van der Waals surface area contributed by atoms with Crippen LogP contribution >= 0.6 is 0 Å². The minimum Gasteiger partial charge on any atom is -0.495 e. The van der Waals surface area contributed by atoms with Crippen molar-refractivity contribution in [1.29, 1.82) is 0 Å². The van der Waals surface area contributed by atoms with Gasteiger partial charge in [-0.3, -0.25) is 4.79 Å². The largest absolute Gasteiger partial charge is 0.495 e. The molecule has 3 fully saturated rings. The zero-order valence-electron chi connectivity index (χ0n) is 16.5. The molecule has 0 aromatic heterocycles. The number of methoxy groups -OCH3 is 1. The molecular weight excluding hydrogens is 358 g/mol. The lowest BCUT2D eigenvalue weighted by Gasteiger charge is -2.29. The van der Waals surface area contributed by atoms with Crippen molar-refractivity contribution in [3.8, 4) is 5.75 Å². The Morgan fingerprint density at radius 3 is 2.86 bits per heavy atom. The van der Waals surface area contributed by atoms with Crippen molar-refractivity contribution in [1.82, 2.24) is 4.90 Å². The molecule has 1 saturated carbocycles. The molecule has 4 rings (SSSR count). The molecule has 2 aliphatic heterocycles. The molecule has 3 amide bonds. The van der Waals surface area contributed by atoms with Gasteiger partial charge >= 0.3 is 6.03 Å². The van der Waals surface area contributed by atoms with Gasteiger partial charge in [0.2, 0.25) is 5.91 Å². The third-order valence-corrected chi connectivity index (χ3v) is 5.77. The van der Waals surface area contributed by atoms with Crippen LogP contribution in [-0.2, 0) is 9.53 Å². The predicted octanol–water partition coefficient (Wildman–Crippen LogP) is 3.24. The Labute approximate surface area is 166 Å². The molecule has 7 heteroatoms. The molecule has 1 atom stereocenters. The van der Waals surface area contributed by atoms with Crippen molar-refractivity contribution in [3.63, 3.8) is 0 Å². The van der Waals surface area contributed by atoms with Crippen LogP contribution in [0.5, 0.6) is 5.75 Å². The molecule has 3 aliphatic rings. The van der Waals surface area contributed by atoms with Gasteiger partial charge in [-0.15, -0.1) is 0 Å². The molecule has 1 N–H and O–H groups in total. The summed E-state index contributed by atoms with van der Waals surface area (Å²) in [6, 6.07) is 5.76. The van der Waals surface area contributed by atoms with Crippen LogP contribution in [0.15, 0.2) is 18.2 Å². The van der Waals surface area contributed by atoms with Crippen LogP contribution in [0.25, 0.3) is 0 Å². The number of ether oxygens (including phenoxy) is 2. The van der Waals surface area contributed by atoms with E-state index in [2.05, 4.69) is 5.32 Å². The van der Waals surface area contributed by atoms with Gasteiger partial charge in [0.1, 0.15) is 5.75 Å². The van der Waals surface area contributed by atoms with E-state index in [4.69, 9.17) is 9.47 Å². The second-order valence-electron chi connectivity index (χ2n) is 7.93. The first-order valence-corrected chi connectivity index (χ1v) is 10.3. The number of carbonyl (C=O) groups excluding carboxylic acids is 2. The highest BCUT2D eigenvalue weighted by molar-refractivity contribution is 5.97. The Morgan fingerprint density at radius 1 is 1.32 bits per heavy atom. The molecule has 0 radical (unpaired) electrons. The van der Waals surface area contributed by atoms with Crippen LogP contribution in [-0.4, -0.2) is 56.3 Å². The van der Waals surface area contributed by atoms with Gasteiger partial charge in [0, 0.05) is 43.8 Å². The number of nitrogens with one attached hydrogen (secondary N) is 1. The van der Waals surface area contributed by atoms with Crippen LogP contribution < -0.4 is 15.0 Å². The molecule has 28 heavy (non-hydrogen) atoms. The quantitative estimate of drug-likeness (QED) is 0.813. The molecule has 1 aromatic carbocycles. The number of benzene rings is 1. The van der Waals surface area contributed by atoms with E-state index in [1.807, 2.05) is 23.1 Å². The van der Waals surface area contributed by atoms with Crippen molar-refractivity contribution in [2.75, 3.05) is 43.6 Å². The zero-order chi connectivity index (χ0) is 19.5. The summed E-state index contributed by atoms with van der Waals surface area (Å²) in [6.07, 6.45) is 5.60. The normalized spacial score (nSPS) is 22.2. The van der Waals surface area contributed by atoms with E-state index in [0.717, 1.165) is 57.6 Å². The van der Waals surface area contributed by atoms with Crippen molar-refractivity contribution >= 4 is 23.3 Å². The number of hydrogen-bond acceptors (Lipinski definition) is 4. The second-order valence-corrected chi connectivity index (χ2v) is 7.93. The summed E-state index contributed by atoms with van der Waals surface area (Å²) in [5.41, 5.74) is 1.42. The van der Waals surface area contributed by atoms with Crippen LogP contribution in [0.2, 0.25) is 0 Å². The first kappa shape index (κ1) is 19.1. The third kappa shape index (κ3) is 4.24. The summed E-state index contributed by atoms with van der Waals surface area (Å²) in [5, 5.41) is 3.04. The van der Waals surface area contributed by atoms with Gasteiger partial charge in [-0.25, -0.2) is 4.79 Å².